The molecule has 2 aromatic heterocycles. The molecule has 5 rings (SSSR count). The van der Waals surface area contributed by atoms with E-state index in [0.29, 0.717) is 46.7 Å². The summed E-state index contributed by atoms with van der Waals surface area (Å²) in [6.07, 6.45) is 5.47. The number of halogens is 3. The van der Waals surface area contributed by atoms with Crippen LogP contribution >= 0.6 is 11.6 Å². The summed E-state index contributed by atoms with van der Waals surface area (Å²) in [7, 11) is 0. The van der Waals surface area contributed by atoms with Crippen LogP contribution < -0.4 is 10.2 Å². The van der Waals surface area contributed by atoms with Crippen LogP contribution in [0.3, 0.4) is 0 Å². The van der Waals surface area contributed by atoms with Crippen LogP contribution in [0.4, 0.5) is 20.3 Å². The Morgan fingerprint density at radius 1 is 1.24 bits per heavy atom. The maximum Gasteiger partial charge on any atom is 0.261 e. The number of nitrogens with one attached hydrogen (secondary N) is 1. The predicted molar refractivity (Wildman–Crippen MR) is 120 cm³/mol. The first-order valence-corrected chi connectivity index (χ1v) is 11.2. The van der Waals surface area contributed by atoms with Crippen molar-refractivity contribution in [2.75, 3.05) is 23.4 Å². The summed E-state index contributed by atoms with van der Waals surface area (Å²) in [6, 6.07) is 5.32. The van der Waals surface area contributed by atoms with Crippen molar-refractivity contribution in [3.8, 4) is 0 Å². The number of fused-ring (bicyclic) bond motifs is 1. The largest absolute Gasteiger partial charge is 0.394 e. The van der Waals surface area contributed by atoms with Crippen LogP contribution in [0.2, 0.25) is 5.02 Å². The summed E-state index contributed by atoms with van der Waals surface area (Å²) in [5.41, 5.74) is 1.40. The Hall–Kier alpha value is -3.04. The first kappa shape index (κ1) is 21.8. The van der Waals surface area contributed by atoms with Gasteiger partial charge in [0.1, 0.15) is 17.5 Å². The first-order valence-electron chi connectivity index (χ1n) is 10.8. The second kappa shape index (κ2) is 8.72. The van der Waals surface area contributed by atoms with Gasteiger partial charge in [0.15, 0.2) is 0 Å². The summed E-state index contributed by atoms with van der Waals surface area (Å²) in [4.78, 5) is 19.1. The third-order valence-corrected chi connectivity index (χ3v) is 6.50. The standard InChI is InChI=1S/C23H22ClF2N5O2/c24-16-10-27-22(29-19(12-32)13-4-5-13)8-21(16)30-7-6-20-14(23(30)33)9-28-31(20)11-15-17(25)2-1-3-18(15)26/h1-3,8-10,13,19,32H,4-7,11-12H2,(H,27,29)/t19-/m1/s1. The highest BCUT2D eigenvalue weighted by Crippen LogP contribution is 2.36. The van der Waals surface area contributed by atoms with Crippen molar-refractivity contribution in [3.63, 3.8) is 0 Å². The van der Waals surface area contributed by atoms with Crippen LogP contribution in [-0.4, -0.2) is 45.0 Å². The van der Waals surface area contributed by atoms with Gasteiger partial charge in [0.2, 0.25) is 0 Å². The van der Waals surface area contributed by atoms with E-state index in [9.17, 15) is 18.7 Å². The minimum atomic E-state index is -0.654. The Kier molecular flexibility index (Phi) is 5.76. The van der Waals surface area contributed by atoms with Crippen molar-refractivity contribution < 1.29 is 18.7 Å². The van der Waals surface area contributed by atoms with E-state index in [4.69, 9.17) is 11.6 Å². The predicted octanol–water partition coefficient (Wildman–Crippen LogP) is 3.64. The zero-order valence-electron chi connectivity index (χ0n) is 17.6. The second-order valence-electron chi connectivity index (χ2n) is 8.36. The number of aliphatic hydroxyl groups excluding tert-OH is 1. The lowest BCUT2D eigenvalue weighted by atomic mass is 10.1. The number of aliphatic hydroxyl groups is 1. The first-order chi connectivity index (χ1) is 16.0. The summed E-state index contributed by atoms with van der Waals surface area (Å²) in [5, 5.41) is 17.4. The van der Waals surface area contributed by atoms with Gasteiger partial charge in [-0.05, 0) is 30.9 Å². The van der Waals surface area contributed by atoms with Gasteiger partial charge in [0, 0.05) is 24.6 Å². The molecule has 0 unspecified atom stereocenters. The molecule has 1 fully saturated rings. The number of nitrogens with zero attached hydrogens (tertiary/aromatic N) is 4. The Labute approximate surface area is 194 Å². The van der Waals surface area contributed by atoms with Gasteiger partial charge in [0.25, 0.3) is 5.91 Å². The molecule has 1 saturated carbocycles. The molecule has 10 heteroatoms. The molecule has 0 spiro atoms. The molecule has 2 N–H and O–H groups in total. The molecule has 3 aromatic rings. The smallest absolute Gasteiger partial charge is 0.261 e. The minimum Gasteiger partial charge on any atom is -0.394 e. The Bertz CT molecular complexity index is 1190. The van der Waals surface area contributed by atoms with Crippen LogP contribution in [0.5, 0.6) is 0 Å². The van der Waals surface area contributed by atoms with E-state index < -0.39 is 11.6 Å². The van der Waals surface area contributed by atoms with Crippen molar-refractivity contribution in [2.24, 2.45) is 5.92 Å². The molecule has 7 nitrogen and oxygen atoms in total. The molecule has 0 radical (unpaired) electrons. The van der Waals surface area contributed by atoms with Gasteiger partial charge in [-0.2, -0.15) is 5.10 Å². The van der Waals surface area contributed by atoms with Crippen LogP contribution in [0.1, 0.15) is 34.5 Å². The van der Waals surface area contributed by atoms with E-state index in [0.717, 1.165) is 12.8 Å². The second-order valence-corrected chi connectivity index (χ2v) is 8.77. The highest BCUT2D eigenvalue weighted by molar-refractivity contribution is 6.34. The number of amides is 1. The van der Waals surface area contributed by atoms with Crippen molar-refractivity contribution in [1.82, 2.24) is 14.8 Å². The third-order valence-electron chi connectivity index (χ3n) is 6.21. The van der Waals surface area contributed by atoms with Crippen molar-refractivity contribution in [1.29, 1.82) is 0 Å². The lowest BCUT2D eigenvalue weighted by molar-refractivity contribution is 0.0980. The van der Waals surface area contributed by atoms with Gasteiger partial charge < -0.3 is 15.3 Å². The molecule has 1 amide bonds. The van der Waals surface area contributed by atoms with Crippen molar-refractivity contribution in [3.05, 3.63) is 70.1 Å². The number of hydrogen-bond acceptors (Lipinski definition) is 5. The van der Waals surface area contributed by atoms with Gasteiger partial charge in [-0.3, -0.25) is 9.48 Å². The monoisotopic (exact) mass is 473 g/mol. The SMILES string of the molecule is O=C1c2cnn(Cc3c(F)cccc3F)c2CCN1c1cc(N[C@H](CO)C2CC2)ncc1Cl. The summed E-state index contributed by atoms with van der Waals surface area (Å²) in [5.74, 6) is -0.653. The quantitative estimate of drug-likeness (QED) is 0.547. The van der Waals surface area contributed by atoms with Crippen molar-refractivity contribution >= 4 is 29.0 Å². The maximum atomic E-state index is 14.1. The summed E-state index contributed by atoms with van der Waals surface area (Å²) >= 11 is 6.38. The van der Waals surface area contributed by atoms with Gasteiger partial charge in [-0.1, -0.05) is 17.7 Å². The van der Waals surface area contributed by atoms with E-state index in [1.165, 1.54) is 35.3 Å². The molecule has 3 heterocycles. The Morgan fingerprint density at radius 2 is 2.00 bits per heavy atom. The average Bonchev–Trinajstić information content (AvgIpc) is 3.56. The molecule has 2 aliphatic rings. The van der Waals surface area contributed by atoms with Gasteiger partial charge >= 0.3 is 0 Å². The molecular formula is C23H22ClF2N5O2. The van der Waals surface area contributed by atoms with Crippen LogP contribution in [0, 0.1) is 17.6 Å². The Morgan fingerprint density at radius 3 is 2.70 bits per heavy atom. The zero-order chi connectivity index (χ0) is 23.1. The maximum absolute atomic E-state index is 14.1. The number of aromatic nitrogens is 3. The number of hydrogen-bond donors (Lipinski definition) is 2. The van der Waals surface area contributed by atoms with Crippen LogP contribution in [-0.2, 0) is 13.0 Å². The minimum absolute atomic E-state index is 0.00189. The van der Waals surface area contributed by atoms with E-state index in [1.54, 1.807) is 11.0 Å². The van der Waals surface area contributed by atoms with E-state index >= 15 is 0 Å². The van der Waals surface area contributed by atoms with Crippen LogP contribution in [0.25, 0.3) is 0 Å². The highest BCUT2D eigenvalue weighted by atomic mass is 35.5. The highest BCUT2D eigenvalue weighted by Gasteiger charge is 2.33. The number of benzene rings is 1. The number of rotatable bonds is 7. The summed E-state index contributed by atoms with van der Waals surface area (Å²) < 4.78 is 29.6. The van der Waals surface area contributed by atoms with E-state index in [1.807, 2.05) is 0 Å². The van der Waals surface area contributed by atoms with E-state index in [2.05, 4.69) is 15.4 Å². The lowest BCUT2D eigenvalue weighted by Crippen LogP contribution is -2.38. The fraction of sp³-hybridized carbons (Fsp3) is 0.348. The Balaban J connectivity index is 1.39. The number of carbonyl (C=O) groups excluding carboxylic acids is 1. The average molecular weight is 474 g/mol. The fourth-order valence-corrected chi connectivity index (χ4v) is 4.44. The molecule has 1 atom stereocenters. The van der Waals surface area contributed by atoms with Gasteiger partial charge in [-0.25, -0.2) is 13.8 Å². The molecule has 1 aliphatic heterocycles. The molecule has 0 saturated heterocycles. The van der Waals surface area contributed by atoms with Crippen LogP contribution in [0.15, 0.2) is 36.7 Å². The van der Waals surface area contributed by atoms with E-state index in [-0.39, 0.29) is 30.7 Å². The number of anilines is 2. The zero-order valence-corrected chi connectivity index (χ0v) is 18.4. The molecule has 1 aliphatic carbocycles. The number of pyridine rings is 1. The molecular weight excluding hydrogens is 452 g/mol. The topological polar surface area (TPSA) is 83.3 Å². The summed E-state index contributed by atoms with van der Waals surface area (Å²) in [6.45, 7) is 0.222. The third kappa shape index (κ3) is 4.18. The number of carbonyl (C=O) groups is 1. The van der Waals surface area contributed by atoms with Gasteiger partial charge in [-0.15, -0.1) is 0 Å². The van der Waals surface area contributed by atoms with Crippen molar-refractivity contribution in [2.45, 2.75) is 31.8 Å². The van der Waals surface area contributed by atoms with Gasteiger partial charge in [0.05, 0.1) is 53.6 Å². The molecule has 33 heavy (non-hydrogen) atoms. The fourth-order valence-electron chi connectivity index (χ4n) is 4.23. The normalized spacial score (nSPS) is 16.6. The molecule has 1 aromatic carbocycles. The lowest BCUT2D eigenvalue weighted by Gasteiger charge is -2.28. The molecule has 0 bridgehead atoms. The molecule has 172 valence electrons.